The predicted molar refractivity (Wildman–Crippen MR) is 132 cm³/mol. The molecule has 9 heteroatoms. The minimum atomic E-state index is -0.0387. The molecule has 1 aromatic heterocycles. The molecule has 3 heterocycles. The molecule has 0 saturated carbocycles. The molecule has 2 fully saturated rings. The maximum Gasteiger partial charge on any atom is 0.274 e. The largest absolute Gasteiger partial charge is 0.497 e. The molecule has 35 heavy (non-hydrogen) atoms. The van der Waals surface area contributed by atoms with Crippen LogP contribution in [0.2, 0.25) is 0 Å². The summed E-state index contributed by atoms with van der Waals surface area (Å²) in [5, 5.41) is 4.69. The van der Waals surface area contributed by atoms with E-state index < -0.39 is 0 Å². The van der Waals surface area contributed by atoms with Crippen molar-refractivity contribution in [2.24, 2.45) is 0 Å². The topological polar surface area (TPSA) is 80.1 Å². The van der Waals surface area contributed by atoms with Crippen molar-refractivity contribution in [3.63, 3.8) is 0 Å². The summed E-state index contributed by atoms with van der Waals surface area (Å²) in [6.07, 6.45) is 2.73. The van der Waals surface area contributed by atoms with Gasteiger partial charge in [0.2, 0.25) is 5.91 Å². The summed E-state index contributed by atoms with van der Waals surface area (Å²) >= 11 is 0. The number of ether oxygens (including phenoxy) is 2. The van der Waals surface area contributed by atoms with Crippen molar-refractivity contribution < 1.29 is 19.1 Å². The molecule has 188 valence electrons. The first-order valence-corrected chi connectivity index (χ1v) is 12.6. The lowest BCUT2D eigenvalue weighted by molar-refractivity contribution is -0.132. The van der Waals surface area contributed by atoms with Crippen molar-refractivity contribution in [1.82, 2.24) is 19.6 Å². The summed E-state index contributed by atoms with van der Waals surface area (Å²) < 4.78 is 12.9. The average molecular weight is 482 g/mol. The highest BCUT2D eigenvalue weighted by Crippen LogP contribution is 2.28. The number of amides is 2. The Hall–Kier alpha value is -3.07. The third-order valence-corrected chi connectivity index (χ3v) is 7.25. The summed E-state index contributed by atoms with van der Waals surface area (Å²) in [6, 6.07) is 8.02. The number of benzene rings is 1. The van der Waals surface area contributed by atoms with Gasteiger partial charge in [0.1, 0.15) is 12.3 Å². The molecule has 2 saturated heterocycles. The molecule has 3 aliphatic rings. The first kappa shape index (κ1) is 23.7. The lowest BCUT2D eigenvalue weighted by Crippen LogP contribution is -2.49. The van der Waals surface area contributed by atoms with Gasteiger partial charge in [-0.25, -0.2) is 0 Å². The number of hydrogen-bond donors (Lipinski definition) is 0. The molecule has 0 radical (unpaired) electrons. The first-order valence-electron chi connectivity index (χ1n) is 12.6. The molecular weight excluding hydrogens is 446 g/mol. The van der Waals surface area contributed by atoms with E-state index in [9.17, 15) is 9.59 Å². The highest BCUT2D eigenvalue weighted by molar-refractivity contribution is 5.94. The van der Waals surface area contributed by atoms with Crippen molar-refractivity contribution in [3.8, 4) is 5.75 Å². The average Bonchev–Trinajstić information content (AvgIpc) is 3.47. The van der Waals surface area contributed by atoms with Gasteiger partial charge in [-0.15, -0.1) is 0 Å². The van der Waals surface area contributed by atoms with E-state index in [1.54, 1.807) is 11.8 Å². The summed E-state index contributed by atoms with van der Waals surface area (Å²) in [6.45, 7) is 8.18. The molecule has 0 unspecified atom stereocenters. The van der Waals surface area contributed by atoms with Crippen LogP contribution in [0.15, 0.2) is 24.3 Å². The highest BCUT2D eigenvalue weighted by atomic mass is 16.5. The fraction of sp³-hybridized carbons (Fsp3) is 0.577. The number of morpholine rings is 1. The molecule has 2 atom stereocenters. The van der Waals surface area contributed by atoms with Crippen molar-refractivity contribution in [3.05, 3.63) is 41.2 Å². The quantitative estimate of drug-likeness (QED) is 0.650. The Morgan fingerprint density at radius 3 is 2.51 bits per heavy atom. The Balaban J connectivity index is 1.24. The Morgan fingerprint density at radius 2 is 1.80 bits per heavy atom. The van der Waals surface area contributed by atoms with Gasteiger partial charge in [0, 0.05) is 62.3 Å². The van der Waals surface area contributed by atoms with Crippen molar-refractivity contribution in [1.29, 1.82) is 0 Å². The maximum absolute atomic E-state index is 13.4. The van der Waals surface area contributed by atoms with Crippen LogP contribution in [0.1, 0.15) is 42.0 Å². The van der Waals surface area contributed by atoms with Crippen molar-refractivity contribution >= 4 is 17.5 Å². The van der Waals surface area contributed by atoms with Gasteiger partial charge in [-0.1, -0.05) is 6.07 Å². The number of methoxy groups -OCH3 is 1. The predicted octanol–water partition coefficient (Wildman–Crippen LogP) is 1.98. The lowest BCUT2D eigenvalue weighted by Gasteiger charge is -2.36. The smallest absolute Gasteiger partial charge is 0.274 e. The normalized spacial score (nSPS) is 22.3. The number of rotatable bonds is 5. The lowest BCUT2D eigenvalue weighted by atomic mass is 10.1. The number of hydrogen-bond acceptors (Lipinski definition) is 6. The van der Waals surface area contributed by atoms with Gasteiger partial charge in [-0.2, -0.15) is 5.10 Å². The van der Waals surface area contributed by atoms with Gasteiger partial charge in [0.25, 0.3) is 5.91 Å². The molecule has 0 spiro atoms. The Bertz CT molecular complexity index is 1080. The number of anilines is 1. The monoisotopic (exact) mass is 481 g/mol. The second kappa shape index (κ2) is 9.89. The first-order chi connectivity index (χ1) is 16.9. The van der Waals surface area contributed by atoms with E-state index in [2.05, 4.69) is 16.1 Å². The third kappa shape index (κ3) is 4.87. The molecule has 2 aromatic rings. The van der Waals surface area contributed by atoms with Gasteiger partial charge in [-0.05, 0) is 45.2 Å². The van der Waals surface area contributed by atoms with Gasteiger partial charge in [0.15, 0.2) is 5.69 Å². The van der Waals surface area contributed by atoms with Crippen LogP contribution in [0.4, 0.5) is 5.69 Å². The van der Waals surface area contributed by atoms with E-state index >= 15 is 0 Å². The summed E-state index contributed by atoms with van der Waals surface area (Å²) in [5.41, 5.74) is 3.70. The standard InChI is InChI=1S/C26H35N5O4/c1-18-15-30(16-19(2)35-18)26(33)25-22-8-5-9-23(22)31(27-25)17-24(32)29-12-10-28(11-13-29)20-6-4-7-21(14-20)34-3/h4,6-7,14,18-19H,5,8-13,15-17H2,1-3H3/t18-,19+. The number of piperazine rings is 1. The number of carbonyl (C=O) groups is 2. The van der Waals surface area contributed by atoms with Crippen molar-refractivity contribution in [2.75, 3.05) is 51.3 Å². The van der Waals surface area contributed by atoms with E-state index in [0.29, 0.717) is 31.9 Å². The molecule has 9 nitrogen and oxygen atoms in total. The van der Waals surface area contributed by atoms with E-state index in [-0.39, 0.29) is 30.6 Å². The number of aromatic nitrogens is 2. The van der Waals surface area contributed by atoms with E-state index in [0.717, 1.165) is 55.0 Å². The number of nitrogens with zero attached hydrogens (tertiary/aromatic N) is 5. The Morgan fingerprint density at radius 1 is 1.06 bits per heavy atom. The van der Waals surface area contributed by atoms with Crippen LogP contribution in [0.25, 0.3) is 0 Å². The fourth-order valence-corrected chi connectivity index (χ4v) is 5.55. The molecule has 1 aliphatic carbocycles. The zero-order chi connectivity index (χ0) is 24.5. The fourth-order valence-electron chi connectivity index (χ4n) is 5.55. The third-order valence-electron chi connectivity index (χ3n) is 7.25. The van der Waals surface area contributed by atoms with Gasteiger partial charge < -0.3 is 24.2 Å². The second-order valence-electron chi connectivity index (χ2n) is 9.82. The van der Waals surface area contributed by atoms with E-state index in [1.807, 2.05) is 41.8 Å². The molecule has 0 bridgehead atoms. The van der Waals surface area contributed by atoms with Crippen LogP contribution in [0.5, 0.6) is 5.75 Å². The maximum atomic E-state index is 13.4. The Kier molecular flexibility index (Phi) is 6.69. The molecule has 2 aliphatic heterocycles. The molecule has 0 N–H and O–H groups in total. The van der Waals surface area contributed by atoms with Crippen LogP contribution in [0.3, 0.4) is 0 Å². The van der Waals surface area contributed by atoms with Crippen LogP contribution in [-0.4, -0.2) is 90.0 Å². The minimum Gasteiger partial charge on any atom is -0.497 e. The highest BCUT2D eigenvalue weighted by Gasteiger charge is 2.33. The number of carbonyl (C=O) groups excluding carboxylic acids is 2. The van der Waals surface area contributed by atoms with E-state index in [4.69, 9.17) is 9.47 Å². The van der Waals surface area contributed by atoms with Crippen LogP contribution < -0.4 is 9.64 Å². The summed E-state index contributed by atoms with van der Waals surface area (Å²) in [5.74, 6) is 0.850. The second-order valence-corrected chi connectivity index (χ2v) is 9.82. The Labute approximate surface area is 206 Å². The minimum absolute atomic E-state index is 0.00931. The molecule has 2 amide bonds. The van der Waals surface area contributed by atoms with E-state index in [1.165, 1.54) is 0 Å². The van der Waals surface area contributed by atoms with Crippen LogP contribution in [-0.2, 0) is 28.9 Å². The number of fused-ring (bicyclic) bond motifs is 1. The SMILES string of the molecule is COc1cccc(N2CCN(C(=O)Cn3nc(C(=O)N4C[C@@H](C)O[C@@H](C)C4)c4c3CCC4)CC2)c1. The van der Waals surface area contributed by atoms with Crippen molar-refractivity contribution in [2.45, 2.75) is 51.9 Å². The van der Waals surface area contributed by atoms with Gasteiger partial charge in [0.05, 0.1) is 19.3 Å². The molecular formula is C26H35N5O4. The van der Waals surface area contributed by atoms with Gasteiger partial charge in [-0.3, -0.25) is 14.3 Å². The zero-order valence-electron chi connectivity index (χ0n) is 20.9. The summed E-state index contributed by atoms with van der Waals surface area (Å²) in [4.78, 5) is 32.6. The zero-order valence-corrected chi connectivity index (χ0v) is 20.9. The summed E-state index contributed by atoms with van der Waals surface area (Å²) in [7, 11) is 1.67. The molecule has 5 rings (SSSR count). The van der Waals surface area contributed by atoms with Gasteiger partial charge >= 0.3 is 0 Å². The van der Waals surface area contributed by atoms with Crippen LogP contribution in [0, 0.1) is 0 Å². The molecule has 1 aromatic carbocycles. The van der Waals surface area contributed by atoms with Crippen LogP contribution >= 0.6 is 0 Å².